The maximum Gasteiger partial charge on any atom is 0.317 e. The van der Waals surface area contributed by atoms with Crippen LogP contribution in [0.25, 0.3) is 33.1 Å². The molecule has 0 unspecified atom stereocenters. The van der Waals surface area contributed by atoms with Gasteiger partial charge in [0.25, 0.3) is 5.56 Å². The predicted octanol–water partition coefficient (Wildman–Crippen LogP) is 5.54. The van der Waals surface area contributed by atoms with E-state index in [1.54, 1.807) is 29.8 Å². The van der Waals surface area contributed by atoms with Crippen molar-refractivity contribution >= 4 is 45.1 Å². The van der Waals surface area contributed by atoms with Crippen molar-refractivity contribution in [1.29, 1.82) is 0 Å². The van der Waals surface area contributed by atoms with E-state index in [9.17, 15) is 14.0 Å². The van der Waals surface area contributed by atoms with Crippen LogP contribution in [0.5, 0.6) is 0 Å². The lowest BCUT2D eigenvalue weighted by molar-refractivity contribution is 0.165. The van der Waals surface area contributed by atoms with Crippen molar-refractivity contribution < 1.29 is 9.18 Å². The topological polar surface area (TPSA) is 110 Å². The number of likely N-dealkylation sites (tertiary alicyclic amines) is 1. The van der Waals surface area contributed by atoms with Crippen LogP contribution in [-0.4, -0.2) is 61.4 Å². The van der Waals surface area contributed by atoms with Crippen molar-refractivity contribution in [2.45, 2.75) is 39.7 Å². The molecule has 4 aromatic heterocycles. The summed E-state index contributed by atoms with van der Waals surface area (Å²) < 4.78 is 18.3. The standard InChI is InChI=1S/C33H36ClFN8O2/c1-4-37-33(45)42-13-9-21(10-14-42)19-43-31-25(17-39-43)29-22(15-20(2)16-24(29)32(44)41(31)3)7-12-38-27-5-6-28(34)40-30(27)23-8-11-36-18-26(23)35/h5-6,8,11,15-18,21,38H,4,7,9-10,12-14,19H2,1-3H3,(H,37,45). The number of amides is 2. The highest BCUT2D eigenvalue weighted by Crippen LogP contribution is 2.31. The highest BCUT2D eigenvalue weighted by molar-refractivity contribution is 6.29. The fourth-order valence-corrected chi connectivity index (χ4v) is 6.52. The van der Waals surface area contributed by atoms with Gasteiger partial charge in [-0.1, -0.05) is 23.2 Å². The van der Waals surface area contributed by atoms with E-state index in [-0.39, 0.29) is 16.7 Å². The number of anilines is 1. The van der Waals surface area contributed by atoms with E-state index in [0.29, 0.717) is 67.4 Å². The summed E-state index contributed by atoms with van der Waals surface area (Å²) in [6, 6.07) is 9.07. The minimum absolute atomic E-state index is 0.0141. The van der Waals surface area contributed by atoms with Gasteiger partial charge in [0.1, 0.15) is 10.8 Å². The first kappa shape index (κ1) is 30.5. The smallest absolute Gasteiger partial charge is 0.317 e. The molecule has 45 heavy (non-hydrogen) atoms. The first-order valence-corrected chi connectivity index (χ1v) is 15.6. The van der Waals surface area contributed by atoms with Crippen molar-refractivity contribution in [2.75, 3.05) is 31.5 Å². The van der Waals surface area contributed by atoms with E-state index in [0.717, 1.165) is 46.6 Å². The quantitative estimate of drug-likeness (QED) is 0.218. The molecule has 0 atom stereocenters. The van der Waals surface area contributed by atoms with Crippen LogP contribution in [0.3, 0.4) is 0 Å². The molecular weight excluding hydrogens is 595 g/mol. The van der Waals surface area contributed by atoms with Gasteiger partial charge in [0.2, 0.25) is 0 Å². The monoisotopic (exact) mass is 630 g/mol. The molecule has 0 bridgehead atoms. The molecule has 1 saturated heterocycles. The lowest BCUT2D eigenvalue weighted by Crippen LogP contribution is -2.44. The maximum atomic E-state index is 14.6. The minimum atomic E-state index is -0.484. The van der Waals surface area contributed by atoms with E-state index >= 15 is 0 Å². The number of pyridine rings is 3. The Balaban J connectivity index is 1.28. The van der Waals surface area contributed by atoms with Crippen molar-refractivity contribution in [3.05, 3.63) is 81.4 Å². The van der Waals surface area contributed by atoms with Gasteiger partial charge in [-0.25, -0.2) is 18.9 Å². The third kappa shape index (κ3) is 6.09. The molecule has 10 nitrogen and oxygen atoms in total. The number of hydrogen-bond acceptors (Lipinski definition) is 6. The van der Waals surface area contributed by atoms with Gasteiger partial charge in [-0.3, -0.25) is 14.3 Å². The second kappa shape index (κ2) is 12.8. The third-order valence-corrected chi connectivity index (χ3v) is 8.77. The van der Waals surface area contributed by atoms with Gasteiger partial charge >= 0.3 is 6.03 Å². The van der Waals surface area contributed by atoms with Crippen LogP contribution in [0.15, 0.2) is 53.7 Å². The van der Waals surface area contributed by atoms with E-state index in [4.69, 9.17) is 16.7 Å². The van der Waals surface area contributed by atoms with E-state index in [1.165, 1.54) is 6.20 Å². The number of aryl methyl sites for hydroxylation is 2. The highest BCUT2D eigenvalue weighted by Gasteiger charge is 2.25. The molecule has 1 fully saturated rings. The first-order valence-electron chi connectivity index (χ1n) is 15.3. The third-order valence-electron chi connectivity index (χ3n) is 8.56. The van der Waals surface area contributed by atoms with Crippen molar-refractivity contribution in [3.8, 4) is 11.3 Å². The fraction of sp³-hybridized carbons (Fsp3) is 0.364. The van der Waals surface area contributed by atoms with E-state index in [1.807, 2.05) is 35.7 Å². The number of piperidine rings is 1. The molecule has 0 saturated carbocycles. The van der Waals surface area contributed by atoms with Crippen LogP contribution in [0.4, 0.5) is 14.9 Å². The molecule has 2 N–H and O–H groups in total. The zero-order valence-corrected chi connectivity index (χ0v) is 26.4. The number of nitrogens with one attached hydrogen (secondary N) is 2. The SMILES string of the molecule is CCNC(=O)N1CCC(Cn2ncc3c4c(CCNc5ccc(Cl)nc5-c5ccncc5F)cc(C)cc4c(=O)n(C)c32)CC1. The van der Waals surface area contributed by atoms with Crippen LogP contribution in [0, 0.1) is 18.7 Å². The normalized spacial score (nSPS) is 13.9. The number of halogens is 2. The Hall–Kier alpha value is -4.51. The Kier molecular flexibility index (Phi) is 8.71. The van der Waals surface area contributed by atoms with Crippen molar-refractivity contribution in [2.24, 2.45) is 13.0 Å². The molecular formula is C33H36ClFN8O2. The summed E-state index contributed by atoms with van der Waals surface area (Å²) in [7, 11) is 1.80. The Morgan fingerprint density at radius 1 is 1.13 bits per heavy atom. The van der Waals surface area contributed by atoms with Gasteiger partial charge in [-0.15, -0.1) is 0 Å². The van der Waals surface area contributed by atoms with Crippen molar-refractivity contribution in [1.82, 2.24) is 34.5 Å². The molecule has 1 aliphatic rings. The summed E-state index contributed by atoms with van der Waals surface area (Å²) in [6.45, 7) is 7.11. The number of aromatic nitrogens is 5. The molecule has 0 radical (unpaired) electrons. The summed E-state index contributed by atoms with van der Waals surface area (Å²) in [5, 5.41) is 13.8. The summed E-state index contributed by atoms with van der Waals surface area (Å²) in [6.07, 6.45) is 6.89. The first-order chi connectivity index (χ1) is 21.7. The molecule has 0 spiro atoms. The number of fused-ring (bicyclic) bond motifs is 3. The summed E-state index contributed by atoms with van der Waals surface area (Å²) in [4.78, 5) is 36.1. The summed E-state index contributed by atoms with van der Waals surface area (Å²) in [5.74, 6) is -0.138. The molecule has 5 aromatic rings. The average molecular weight is 631 g/mol. The van der Waals surface area contributed by atoms with Gasteiger partial charge in [-0.2, -0.15) is 5.10 Å². The summed E-state index contributed by atoms with van der Waals surface area (Å²) >= 11 is 6.17. The lowest BCUT2D eigenvalue weighted by atomic mass is 9.96. The van der Waals surface area contributed by atoms with Crippen molar-refractivity contribution in [3.63, 3.8) is 0 Å². The number of rotatable bonds is 8. The second-order valence-electron chi connectivity index (χ2n) is 11.6. The second-order valence-corrected chi connectivity index (χ2v) is 12.0. The van der Waals surface area contributed by atoms with Crippen LogP contribution in [-0.2, 0) is 20.0 Å². The fourth-order valence-electron chi connectivity index (χ4n) is 6.37. The van der Waals surface area contributed by atoms with Crippen LogP contribution >= 0.6 is 11.6 Å². The average Bonchev–Trinajstić information content (AvgIpc) is 3.44. The van der Waals surface area contributed by atoms with Crippen LogP contribution < -0.4 is 16.2 Å². The van der Waals surface area contributed by atoms with Gasteiger partial charge < -0.3 is 15.5 Å². The zero-order valence-electron chi connectivity index (χ0n) is 25.6. The minimum Gasteiger partial charge on any atom is -0.383 e. The van der Waals surface area contributed by atoms with Crippen LogP contribution in [0.1, 0.15) is 30.9 Å². The Bertz CT molecular complexity index is 1950. The number of carbonyl (C=O) groups is 1. The maximum absolute atomic E-state index is 14.6. The number of nitrogens with zero attached hydrogens (tertiary/aromatic N) is 6. The van der Waals surface area contributed by atoms with E-state index in [2.05, 4.69) is 26.7 Å². The molecule has 12 heteroatoms. The number of urea groups is 1. The Morgan fingerprint density at radius 2 is 1.93 bits per heavy atom. The van der Waals surface area contributed by atoms with E-state index < -0.39 is 5.82 Å². The Labute approximate surface area is 265 Å². The molecule has 1 aromatic carbocycles. The Morgan fingerprint density at radius 3 is 2.69 bits per heavy atom. The predicted molar refractivity (Wildman–Crippen MR) is 175 cm³/mol. The largest absolute Gasteiger partial charge is 0.383 e. The molecule has 6 rings (SSSR count). The molecule has 1 aliphatic heterocycles. The molecule has 2 amide bonds. The summed E-state index contributed by atoms with van der Waals surface area (Å²) in [5.41, 5.74) is 4.10. The number of hydrogen-bond donors (Lipinski definition) is 2. The lowest BCUT2D eigenvalue weighted by Gasteiger charge is -2.32. The zero-order chi connectivity index (χ0) is 31.7. The molecule has 0 aliphatic carbocycles. The highest BCUT2D eigenvalue weighted by atomic mass is 35.5. The number of benzene rings is 1. The van der Waals surface area contributed by atoms with Gasteiger partial charge in [0, 0.05) is 67.7 Å². The van der Waals surface area contributed by atoms with Crippen LogP contribution in [0.2, 0.25) is 5.15 Å². The molecule has 234 valence electrons. The van der Waals surface area contributed by atoms with Gasteiger partial charge in [0.15, 0.2) is 5.82 Å². The van der Waals surface area contributed by atoms with Gasteiger partial charge in [-0.05, 0) is 68.9 Å². The number of carbonyl (C=O) groups excluding carboxylic acids is 1. The van der Waals surface area contributed by atoms with Gasteiger partial charge in [0.05, 0.1) is 23.8 Å². The molecule has 5 heterocycles.